The lowest BCUT2D eigenvalue weighted by atomic mass is 10.2. The molecular formula is C13H15N3. The number of hydrogen-bond donors (Lipinski definition) is 0. The van der Waals surface area contributed by atoms with Gasteiger partial charge in [0.25, 0.3) is 0 Å². The molecule has 3 nitrogen and oxygen atoms in total. The van der Waals surface area contributed by atoms with Gasteiger partial charge < -0.3 is 0 Å². The maximum Gasteiger partial charge on any atom is 0.111 e. The first-order chi connectivity index (χ1) is 7.86. The predicted molar refractivity (Wildman–Crippen MR) is 63.2 cm³/mol. The van der Waals surface area contributed by atoms with Crippen LogP contribution in [0.4, 0.5) is 0 Å². The Morgan fingerprint density at radius 3 is 3.06 bits per heavy atom. The van der Waals surface area contributed by atoms with E-state index in [4.69, 9.17) is 0 Å². The van der Waals surface area contributed by atoms with E-state index in [0.717, 1.165) is 36.5 Å². The Morgan fingerprint density at radius 2 is 2.25 bits per heavy atom. The highest BCUT2D eigenvalue weighted by Gasteiger charge is 2.14. The van der Waals surface area contributed by atoms with E-state index in [1.54, 1.807) is 0 Å². The van der Waals surface area contributed by atoms with E-state index >= 15 is 0 Å². The Bertz CT molecular complexity index is 492. The summed E-state index contributed by atoms with van der Waals surface area (Å²) in [5.41, 5.74) is 4.50. The van der Waals surface area contributed by atoms with Crippen LogP contribution in [-0.4, -0.2) is 14.8 Å². The number of hydrogen-bond acceptors (Lipinski definition) is 2. The molecule has 2 aromatic rings. The highest BCUT2D eigenvalue weighted by atomic mass is 15.3. The van der Waals surface area contributed by atoms with Crippen LogP contribution in [0.3, 0.4) is 0 Å². The van der Waals surface area contributed by atoms with Gasteiger partial charge in [-0.1, -0.05) is 13.0 Å². The number of fused-ring (bicyclic) bond motifs is 1. The summed E-state index contributed by atoms with van der Waals surface area (Å²) in [5.74, 6) is 0. The number of aryl methyl sites for hydroxylation is 3. The fourth-order valence-electron chi connectivity index (χ4n) is 2.20. The Balaban J connectivity index is 2.01. The Labute approximate surface area is 95.1 Å². The maximum atomic E-state index is 4.60. The van der Waals surface area contributed by atoms with Crippen LogP contribution < -0.4 is 0 Å². The molecule has 1 aliphatic rings. The summed E-state index contributed by atoms with van der Waals surface area (Å²) in [5, 5.41) is 4.59. The first kappa shape index (κ1) is 9.58. The van der Waals surface area contributed by atoms with E-state index in [0.29, 0.717) is 0 Å². The van der Waals surface area contributed by atoms with Crippen LogP contribution in [0.25, 0.3) is 11.4 Å². The minimum atomic E-state index is 0.974. The normalized spacial score (nSPS) is 14.1. The average molecular weight is 213 g/mol. The van der Waals surface area contributed by atoms with Crippen molar-refractivity contribution in [2.45, 2.75) is 32.7 Å². The molecule has 0 bridgehead atoms. The second-order valence-electron chi connectivity index (χ2n) is 4.22. The molecule has 16 heavy (non-hydrogen) atoms. The molecule has 0 saturated heterocycles. The molecule has 0 saturated carbocycles. The van der Waals surface area contributed by atoms with Gasteiger partial charge in [-0.3, -0.25) is 9.67 Å². The van der Waals surface area contributed by atoms with E-state index < -0.39 is 0 Å². The second kappa shape index (κ2) is 3.74. The van der Waals surface area contributed by atoms with Gasteiger partial charge in [0.1, 0.15) is 5.69 Å². The molecule has 2 aromatic heterocycles. The monoisotopic (exact) mass is 213 g/mol. The zero-order valence-corrected chi connectivity index (χ0v) is 9.48. The van der Waals surface area contributed by atoms with Crippen LogP contribution in [0.15, 0.2) is 24.3 Å². The number of aromatic nitrogens is 3. The lowest BCUT2D eigenvalue weighted by molar-refractivity contribution is 0.658. The summed E-state index contributed by atoms with van der Waals surface area (Å²) < 4.78 is 2.11. The third kappa shape index (κ3) is 1.52. The Hall–Kier alpha value is -1.64. The van der Waals surface area contributed by atoms with Gasteiger partial charge in [-0.2, -0.15) is 5.10 Å². The summed E-state index contributed by atoms with van der Waals surface area (Å²) in [6.45, 7) is 3.18. The summed E-state index contributed by atoms with van der Waals surface area (Å²) in [4.78, 5) is 4.60. The third-order valence-corrected chi connectivity index (χ3v) is 3.10. The van der Waals surface area contributed by atoms with Crippen molar-refractivity contribution >= 4 is 0 Å². The van der Waals surface area contributed by atoms with E-state index in [1.807, 2.05) is 6.07 Å². The quantitative estimate of drug-likeness (QED) is 0.767. The second-order valence-corrected chi connectivity index (χ2v) is 4.22. The molecule has 0 radical (unpaired) electrons. The molecule has 0 unspecified atom stereocenters. The van der Waals surface area contributed by atoms with Crippen molar-refractivity contribution in [2.75, 3.05) is 0 Å². The van der Waals surface area contributed by atoms with E-state index in [2.05, 4.69) is 39.9 Å². The van der Waals surface area contributed by atoms with Crippen molar-refractivity contribution in [1.29, 1.82) is 0 Å². The molecule has 1 aliphatic heterocycles. The van der Waals surface area contributed by atoms with Gasteiger partial charge in [0.05, 0.1) is 5.69 Å². The SMILES string of the molecule is CCc1cccc(-c2cc3n(n2)CCC3)n1. The smallest absolute Gasteiger partial charge is 0.111 e. The lowest BCUT2D eigenvalue weighted by Gasteiger charge is -1.99. The minimum Gasteiger partial charge on any atom is -0.269 e. The van der Waals surface area contributed by atoms with Crippen molar-refractivity contribution in [1.82, 2.24) is 14.8 Å². The Morgan fingerprint density at radius 1 is 1.31 bits per heavy atom. The van der Waals surface area contributed by atoms with E-state index in [1.165, 1.54) is 12.1 Å². The van der Waals surface area contributed by atoms with Crippen molar-refractivity contribution in [3.63, 3.8) is 0 Å². The van der Waals surface area contributed by atoms with Gasteiger partial charge in [-0.05, 0) is 37.5 Å². The molecule has 0 N–H and O–H groups in total. The third-order valence-electron chi connectivity index (χ3n) is 3.10. The lowest BCUT2D eigenvalue weighted by Crippen LogP contribution is -1.95. The van der Waals surface area contributed by atoms with Crippen LogP contribution in [-0.2, 0) is 19.4 Å². The standard InChI is InChI=1S/C13H15N3/c1-2-10-5-3-7-12(14-10)13-9-11-6-4-8-16(11)15-13/h3,5,7,9H,2,4,6,8H2,1H3. The van der Waals surface area contributed by atoms with Gasteiger partial charge in [-0.15, -0.1) is 0 Å². The van der Waals surface area contributed by atoms with Crippen LogP contribution in [0.1, 0.15) is 24.7 Å². The molecule has 3 heteroatoms. The maximum absolute atomic E-state index is 4.60. The molecule has 3 heterocycles. The van der Waals surface area contributed by atoms with Crippen molar-refractivity contribution in [2.24, 2.45) is 0 Å². The summed E-state index contributed by atoms with van der Waals surface area (Å²) in [6, 6.07) is 8.34. The average Bonchev–Trinajstić information content (AvgIpc) is 2.89. The molecular weight excluding hydrogens is 198 g/mol. The van der Waals surface area contributed by atoms with Gasteiger partial charge >= 0.3 is 0 Å². The highest BCUT2D eigenvalue weighted by Crippen LogP contribution is 2.22. The van der Waals surface area contributed by atoms with Crippen LogP contribution in [0, 0.1) is 0 Å². The molecule has 0 amide bonds. The summed E-state index contributed by atoms with van der Waals surface area (Å²) in [7, 11) is 0. The topological polar surface area (TPSA) is 30.7 Å². The van der Waals surface area contributed by atoms with Crippen LogP contribution in [0.2, 0.25) is 0 Å². The predicted octanol–water partition coefficient (Wildman–Crippen LogP) is 2.45. The zero-order chi connectivity index (χ0) is 11.0. The highest BCUT2D eigenvalue weighted by molar-refractivity contribution is 5.54. The van der Waals surface area contributed by atoms with Crippen molar-refractivity contribution in [3.05, 3.63) is 35.7 Å². The molecule has 0 fully saturated rings. The first-order valence-corrected chi connectivity index (χ1v) is 5.90. The van der Waals surface area contributed by atoms with E-state index in [9.17, 15) is 0 Å². The van der Waals surface area contributed by atoms with Crippen LogP contribution in [0.5, 0.6) is 0 Å². The fraction of sp³-hybridized carbons (Fsp3) is 0.385. The van der Waals surface area contributed by atoms with Crippen molar-refractivity contribution in [3.8, 4) is 11.4 Å². The van der Waals surface area contributed by atoms with Crippen LogP contribution >= 0.6 is 0 Å². The molecule has 3 rings (SSSR count). The zero-order valence-electron chi connectivity index (χ0n) is 9.48. The minimum absolute atomic E-state index is 0.974. The first-order valence-electron chi connectivity index (χ1n) is 5.90. The van der Waals surface area contributed by atoms with Gasteiger partial charge in [0, 0.05) is 17.9 Å². The largest absolute Gasteiger partial charge is 0.269 e. The summed E-state index contributed by atoms with van der Waals surface area (Å²) >= 11 is 0. The number of pyridine rings is 1. The fourth-order valence-corrected chi connectivity index (χ4v) is 2.20. The number of nitrogens with zero attached hydrogens (tertiary/aromatic N) is 3. The molecule has 0 spiro atoms. The molecule has 82 valence electrons. The Kier molecular flexibility index (Phi) is 2.24. The molecule has 0 aliphatic carbocycles. The number of rotatable bonds is 2. The van der Waals surface area contributed by atoms with Gasteiger partial charge in [0.2, 0.25) is 0 Å². The van der Waals surface area contributed by atoms with Gasteiger partial charge in [-0.25, -0.2) is 0 Å². The van der Waals surface area contributed by atoms with Gasteiger partial charge in [0.15, 0.2) is 0 Å². The molecule has 0 aromatic carbocycles. The molecule has 0 atom stereocenters. The summed E-state index contributed by atoms with van der Waals surface area (Å²) in [6.07, 6.45) is 3.35. The van der Waals surface area contributed by atoms with Crippen molar-refractivity contribution < 1.29 is 0 Å². The van der Waals surface area contributed by atoms with E-state index in [-0.39, 0.29) is 0 Å².